The highest BCUT2D eigenvalue weighted by molar-refractivity contribution is 5.82. The van der Waals surface area contributed by atoms with Gasteiger partial charge in [-0.05, 0) is 60.7 Å². The van der Waals surface area contributed by atoms with Crippen LogP contribution < -0.4 is 5.32 Å². The molecular weight excluding hydrogens is 268 g/mol. The van der Waals surface area contributed by atoms with Crippen LogP contribution in [0.3, 0.4) is 0 Å². The molecule has 0 aliphatic carbocycles. The van der Waals surface area contributed by atoms with Gasteiger partial charge in [-0.25, -0.2) is 0 Å². The Morgan fingerprint density at radius 3 is 2.91 bits per heavy atom. The van der Waals surface area contributed by atoms with Crippen LogP contribution in [0.25, 0.3) is 10.9 Å². The molecule has 1 N–H and O–H groups in total. The molecule has 1 aliphatic rings. The molecule has 2 nitrogen and oxygen atoms in total. The van der Waals surface area contributed by atoms with Crippen molar-refractivity contribution in [3.63, 3.8) is 0 Å². The third-order valence-electron chi connectivity index (χ3n) is 4.48. The third-order valence-corrected chi connectivity index (χ3v) is 4.48. The molecule has 1 aliphatic heterocycles. The summed E-state index contributed by atoms with van der Waals surface area (Å²) in [6, 6.07) is 17.6. The van der Waals surface area contributed by atoms with Crippen LogP contribution in [0, 0.1) is 6.92 Å². The fraction of sp³-hybridized carbons (Fsp3) is 0.250. The van der Waals surface area contributed by atoms with Crippen molar-refractivity contribution in [3.05, 3.63) is 76.5 Å². The zero-order valence-corrected chi connectivity index (χ0v) is 12.9. The molecule has 0 radical (unpaired) electrons. The molecule has 1 aromatic heterocycles. The zero-order valence-electron chi connectivity index (χ0n) is 12.9. The van der Waals surface area contributed by atoms with Crippen LogP contribution in [0.2, 0.25) is 0 Å². The number of pyridine rings is 1. The number of para-hydroxylation sites is 1. The third kappa shape index (κ3) is 2.51. The van der Waals surface area contributed by atoms with Gasteiger partial charge < -0.3 is 5.32 Å². The predicted octanol–water partition coefficient (Wildman–Crippen LogP) is 3.78. The number of aryl methyl sites for hydroxylation is 1. The van der Waals surface area contributed by atoms with E-state index in [1.165, 1.54) is 27.6 Å². The average molecular weight is 288 g/mol. The van der Waals surface area contributed by atoms with E-state index in [1.807, 2.05) is 0 Å². The standard InChI is InChI=1S/C20H20N2/c1-14-10-18(19-4-2-3-5-20(19)22-14)12-15-6-7-17-13-21-9-8-16(17)11-15/h2-7,10-11,21H,8-9,12-13H2,1H3. The molecule has 0 spiro atoms. The van der Waals surface area contributed by atoms with E-state index in [4.69, 9.17) is 0 Å². The van der Waals surface area contributed by atoms with Crippen LogP contribution in [0.4, 0.5) is 0 Å². The Hall–Kier alpha value is -2.19. The zero-order chi connectivity index (χ0) is 14.9. The first-order valence-electron chi connectivity index (χ1n) is 7.96. The number of hydrogen-bond donors (Lipinski definition) is 1. The Kier molecular flexibility index (Phi) is 3.39. The molecule has 110 valence electrons. The molecular formula is C20H20N2. The molecule has 0 fully saturated rings. The van der Waals surface area contributed by atoms with E-state index in [0.29, 0.717) is 0 Å². The summed E-state index contributed by atoms with van der Waals surface area (Å²) in [5.41, 5.74) is 7.92. The minimum absolute atomic E-state index is 0.977. The molecule has 0 saturated heterocycles. The summed E-state index contributed by atoms with van der Waals surface area (Å²) in [5, 5.41) is 4.70. The normalized spacial score (nSPS) is 14.0. The molecule has 0 unspecified atom stereocenters. The van der Waals surface area contributed by atoms with Crippen molar-refractivity contribution < 1.29 is 0 Å². The number of nitrogens with zero attached hydrogens (tertiary/aromatic N) is 1. The predicted molar refractivity (Wildman–Crippen MR) is 91.1 cm³/mol. The Morgan fingerprint density at radius 1 is 1.05 bits per heavy atom. The van der Waals surface area contributed by atoms with Crippen molar-refractivity contribution >= 4 is 10.9 Å². The molecule has 2 heteroatoms. The second-order valence-electron chi connectivity index (χ2n) is 6.15. The van der Waals surface area contributed by atoms with Gasteiger partial charge in [0.15, 0.2) is 0 Å². The summed E-state index contributed by atoms with van der Waals surface area (Å²) in [5.74, 6) is 0. The second kappa shape index (κ2) is 5.54. The Bertz CT molecular complexity index is 836. The van der Waals surface area contributed by atoms with Crippen LogP contribution >= 0.6 is 0 Å². The quantitative estimate of drug-likeness (QED) is 0.776. The molecule has 2 heterocycles. The van der Waals surface area contributed by atoms with E-state index in [1.54, 1.807) is 0 Å². The van der Waals surface area contributed by atoms with Crippen LogP contribution in [0.5, 0.6) is 0 Å². The number of hydrogen-bond acceptors (Lipinski definition) is 2. The molecule has 3 aromatic rings. The lowest BCUT2D eigenvalue weighted by atomic mass is 9.94. The molecule has 0 bridgehead atoms. The number of fused-ring (bicyclic) bond motifs is 2. The van der Waals surface area contributed by atoms with Gasteiger partial charge in [-0.15, -0.1) is 0 Å². The summed E-state index contributed by atoms with van der Waals surface area (Å²) >= 11 is 0. The molecule has 22 heavy (non-hydrogen) atoms. The molecule has 0 atom stereocenters. The maximum absolute atomic E-state index is 4.64. The van der Waals surface area contributed by atoms with E-state index >= 15 is 0 Å². The van der Waals surface area contributed by atoms with Crippen LogP contribution in [-0.4, -0.2) is 11.5 Å². The molecule has 4 rings (SSSR count). The monoisotopic (exact) mass is 288 g/mol. The van der Waals surface area contributed by atoms with Gasteiger partial charge in [-0.3, -0.25) is 4.98 Å². The highest BCUT2D eigenvalue weighted by Gasteiger charge is 2.10. The summed E-state index contributed by atoms with van der Waals surface area (Å²) < 4.78 is 0. The summed E-state index contributed by atoms with van der Waals surface area (Å²) in [7, 11) is 0. The smallest absolute Gasteiger partial charge is 0.0708 e. The van der Waals surface area contributed by atoms with Gasteiger partial charge in [0.2, 0.25) is 0 Å². The van der Waals surface area contributed by atoms with Crippen molar-refractivity contribution in [2.24, 2.45) is 0 Å². The number of nitrogens with one attached hydrogen (secondary N) is 1. The van der Waals surface area contributed by atoms with Crippen LogP contribution in [0.15, 0.2) is 48.5 Å². The highest BCUT2D eigenvalue weighted by Crippen LogP contribution is 2.23. The highest BCUT2D eigenvalue weighted by atomic mass is 14.9. The second-order valence-corrected chi connectivity index (χ2v) is 6.15. The maximum Gasteiger partial charge on any atom is 0.0708 e. The first kappa shape index (κ1) is 13.5. The van der Waals surface area contributed by atoms with Crippen LogP contribution in [0.1, 0.15) is 27.9 Å². The Labute approximate surface area is 131 Å². The van der Waals surface area contributed by atoms with E-state index in [0.717, 1.165) is 37.1 Å². The van der Waals surface area contributed by atoms with Crippen molar-refractivity contribution in [2.75, 3.05) is 6.54 Å². The minimum atomic E-state index is 0.977. The molecule has 2 aromatic carbocycles. The molecule has 0 amide bonds. The first-order valence-corrected chi connectivity index (χ1v) is 7.96. The number of rotatable bonds is 2. The van der Waals surface area contributed by atoms with E-state index in [9.17, 15) is 0 Å². The lowest BCUT2D eigenvalue weighted by molar-refractivity contribution is 0.643. The summed E-state index contributed by atoms with van der Waals surface area (Å²) in [6.07, 6.45) is 2.11. The summed E-state index contributed by atoms with van der Waals surface area (Å²) in [4.78, 5) is 4.64. The fourth-order valence-electron chi connectivity index (χ4n) is 3.40. The van der Waals surface area contributed by atoms with Gasteiger partial charge in [0.25, 0.3) is 0 Å². The first-order chi connectivity index (χ1) is 10.8. The Morgan fingerprint density at radius 2 is 1.95 bits per heavy atom. The molecule has 0 saturated carbocycles. The lowest BCUT2D eigenvalue weighted by Crippen LogP contribution is -2.23. The maximum atomic E-state index is 4.64. The number of aromatic nitrogens is 1. The van der Waals surface area contributed by atoms with Crippen molar-refractivity contribution in [1.29, 1.82) is 0 Å². The SMILES string of the molecule is Cc1cc(Cc2ccc3c(c2)CCNC3)c2ccccc2n1. The van der Waals surface area contributed by atoms with E-state index in [-0.39, 0.29) is 0 Å². The lowest BCUT2D eigenvalue weighted by Gasteiger charge is -2.18. The van der Waals surface area contributed by atoms with Gasteiger partial charge >= 0.3 is 0 Å². The van der Waals surface area contributed by atoms with E-state index < -0.39 is 0 Å². The topological polar surface area (TPSA) is 24.9 Å². The van der Waals surface area contributed by atoms with Crippen molar-refractivity contribution in [1.82, 2.24) is 10.3 Å². The van der Waals surface area contributed by atoms with E-state index in [2.05, 4.69) is 65.8 Å². The Balaban J connectivity index is 1.74. The van der Waals surface area contributed by atoms with Crippen LogP contribution in [-0.2, 0) is 19.4 Å². The largest absolute Gasteiger partial charge is 0.312 e. The number of benzene rings is 2. The van der Waals surface area contributed by atoms with Crippen molar-refractivity contribution in [3.8, 4) is 0 Å². The van der Waals surface area contributed by atoms with Gasteiger partial charge in [-0.2, -0.15) is 0 Å². The van der Waals surface area contributed by atoms with Gasteiger partial charge in [0, 0.05) is 17.6 Å². The van der Waals surface area contributed by atoms with Gasteiger partial charge in [0.1, 0.15) is 0 Å². The summed E-state index contributed by atoms with van der Waals surface area (Å²) in [6.45, 7) is 4.18. The fourth-order valence-corrected chi connectivity index (χ4v) is 3.40. The average Bonchev–Trinajstić information content (AvgIpc) is 2.54. The van der Waals surface area contributed by atoms with Gasteiger partial charge in [-0.1, -0.05) is 36.4 Å². The van der Waals surface area contributed by atoms with Gasteiger partial charge in [0.05, 0.1) is 5.52 Å². The van der Waals surface area contributed by atoms with Crippen molar-refractivity contribution in [2.45, 2.75) is 26.3 Å². The minimum Gasteiger partial charge on any atom is -0.312 e.